The van der Waals surface area contributed by atoms with Crippen LogP contribution >= 0.6 is 11.5 Å². The number of carboxylic acid groups (broad SMARTS) is 2. The molecule has 2 fully saturated rings. The van der Waals surface area contributed by atoms with E-state index in [9.17, 15) is 31.1 Å². The number of carbonyl (C=O) groups excluding carboxylic acids is 1. The van der Waals surface area contributed by atoms with Crippen molar-refractivity contribution in [1.29, 1.82) is 0 Å². The summed E-state index contributed by atoms with van der Waals surface area (Å²) < 4.78 is 69.5. The molecular weight excluding hydrogens is 646 g/mol. The van der Waals surface area contributed by atoms with Crippen molar-refractivity contribution in [1.82, 2.24) is 29.4 Å². The van der Waals surface area contributed by atoms with Gasteiger partial charge < -0.3 is 20.1 Å². The second-order valence-corrected chi connectivity index (χ2v) is 12.0. The highest BCUT2D eigenvalue weighted by Crippen LogP contribution is 2.49. The number of carbonyl (C=O) groups is 3. The Morgan fingerprint density at radius 1 is 1.00 bits per heavy atom. The number of piperidine rings is 1. The molecule has 0 atom stereocenters. The van der Waals surface area contributed by atoms with Gasteiger partial charge in [0.15, 0.2) is 5.69 Å². The third-order valence-corrected chi connectivity index (χ3v) is 8.52. The number of nitrogens with one attached hydrogen (secondary N) is 1. The standard InChI is InChI=1S/C24H30N6OS.2C2HF3O2/c1-17(2)22-21(27-28-32-22)23(31)26-19-13-24(14-19)7-10-29(11-8-24)15-18-3-5-20(6-4-18)30-12-9-25-16-30;2*3-2(4,5)1(6)7/h3-6,9,12,16-17,19H,7-8,10-11,13-15H2,1-2H3,(H,26,31);2*(H,6,7). The Balaban J connectivity index is 0.000000345. The summed E-state index contributed by atoms with van der Waals surface area (Å²) in [4.78, 5) is 38.1. The fraction of sp³-hybridized carbons (Fsp3) is 0.500. The molecule has 0 unspecified atom stereocenters. The summed E-state index contributed by atoms with van der Waals surface area (Å²) in [6, 6.07) is 9.02. The van der Waals surface area contributed by atoms with Crippen molar-refractivity contribution in [2.45, 2.75) is 70.4 Å². The van der Waals surface area contributed by atoms with Crippen molar-refractivity contribution in [3.63, 3.8) is 0 Å². The van der Waals surface area contributed by atoms with Crippen molar-refractivity contribution >= 4 is 29.4 Å². The van der Waals surface area contributed by atoms with Gasteiger partial charge in [0.1, 0.15) is 0 Å². The van der Waals surface area contributed by atoms with Crippen LogP contribution in [0.5, 0.6) is 0 Å². The van der Waals surface area contributed by atoms with Crippen LogP contribution in [0.15, 0.2) is 43.0 Å². The van der Waals surface area contributed by atoms with Crippen molar-refractivity contribution in [2.24, 2.45) is 5.41 Å². The molecule has 1 aliphatic carbocycles. The van der Waals surface area contributed by atoms with E-state index in [4.69, 9.17) is 19.8 Å². The van der Waals surface area contributed by atoms with Gasteiger partial charge in [0.2, 0.25) is 0 Å². The van der Waals surface area contributed by atoms with Crippen LogP contribution in [0, 0.1) is 5.41 Å². The number of hydrogen-bond donors (Lipinski definition) is 3. The number of rotatable bonds is 6. The molecule has 1 saturated heterocycles. The molecule has 0 radical (unpaired) electrons. The van der Waals surface area contributed by atoms with Gasteiger partial charge >= 0.3 is 24.3 Å². The smallest absolute Gasteiger partial charge is 0.475 e. The molecular formula is C28H32F6N6O5S. The second-order valence-electron chi connectivity index (χ2n) is 11.2. The van der Waals surface area contributed by atoms with Crippen molar-refractivity contribution < 1.29 is 50.9 Å². The number of nitrogens with zero attached hydrogens (tertiary/aromatic N) is 5. The number of carboxylic acids is 2. The number of aromatic nitrogens is 4. The lowest BCUT2D eigenvalue weighted by Crippen LogP contribution is -2.54. The first kappa shape index (κ1) is 36.4. The van der Waals surface area contributed by atoms with E-state index in [0.717, 1.165) is 43.0 Å². The maximum absolute atomic E-state index is 12.6. The van der Waals surface area contributed by atoms with Gasteiger partial charge in [-0.3, -0.25) is 9.69 Å². The van der Waals surface area contributed by atoms with Crippen molar-refractivity contribution in [3.05, 3.63) is 59.1 Å². The molecule has 1 aliphatic heterocycles. The molecule has 1 amide bonds. The molecule has 1 saturated carbocycles. The lowest BCUT2D eigenvalue weighted by Gasteiger charge is -2.52. The maximum Gasteiger partial charge on any atom is 0.490 e. The first-order chi connectivity index (χ1) is 21.4. The van der Waals surface area contributed by atoms with E-state index < -0.39 is 24.3 Å². The first-order valence-corrected chi connectivity index (χ1v) is 14.7. The molecule has 5 rings (SSSR count). The average molecular weight is 679 g/mol. The average Bonchev–Trinajstić information content (AvgIpc) is 3.67. The summed E-state index contributed by atoms with van der Waals surface area (Å²) >= 11 is 1.33. The molecule has 2 aromatic heterocycles. The van der Waals surface area contributed by atoms with Gasteiger partial charge in [0.05, 0.1) is 11.2 Å². The Morgan fingerprint density at radius 3 is 2.00 bits per heavy atom. The van der Waals surface area contributed by atoms with E-state index in [1.807, 2.05) is 17.1 Å². The summed E-state index contributed by atoms with van der Waals surface area (Å²) in [5.41, 5.74) is 3.41. The SMILES string of the molecule is CC(C)c1snnc1C(=O)NC1CC2(CCN(Cc3ccc(-n4ccnc4)cc3)CC2)C1.O=C(O)C(F)(F)F.O=C(O)C(F)(F)F. The molecule has 18 heteroatoms. The Kier molecular flexibility index (Phi) is 11.9. The predicted molar refractivity (Wildman–Crippen MR) is 152 cm³/mol. The summed E-state index contributed by atoms with van der Waals surface area (Å²) in [6.45, 7) is 7.39. The Hall–Kier alpha value is -4.06. The molecule has 0 bridgehead atoms. The number of likely N-dealkylation sites (tertiary alicyclic amines) is 1. The molecule has 252 valence electrons. The van der Waals surface area contributed by atoms with Crippen LogP contribution in [-0.4, -0.2) is 83.6 Å². The molecule has 3 aromatic rings. The quantitative estimate of drug-likeness (QED) is 0.296. The topological polar surface area (TPSA) is 151 Å². The maximum atomic E-state index is 12.6. The highest BCUT2D eigenvalue weighted by atomic mass is 32.1. The van der Waals surface area contributed by atoms with E-state index in [0.29, 0.717) is 11.1 Å². The first-order valence-electron chi connectivity index (χ1n) is 13.9. The van der Waals surface area contributed by atoms with Gasteiger partial charge in [0, 0.05) is 30.7 Å². The fourth-order valence-electron chi connectivity index (χ4n) is 5.11. The highest BCUT2D eigenvalue weighted by molar-refractivity contribution is 7.05. The third kappa shape index (κ3) is 10.2. The number of benzene rings is 1. The van der Waals surface area contributed by atoms with E-state index in [-0.39, 0.29) is 17.9 Å². The summed E-state index contributed by atoms with van der Waals surface area (Å²) in [5, 5.41) is 21.5. The number of alkyl halides is 6. The highest BCUT2D eigenvalue weighted by Gasteiger charge is 2.46. The van der Waals surface area contributed by atoms with Crippen molar-refractivity contribution in [2.75, 3.05) is 13.1 Å². The van der Waals surface area contributed by atoms with Gasteiger partial charge in [-0.05, 0) is 79.3 Å². The number of aliphatic carboxylic acids is 2. The second kappa shape index (κ2) is 15.0. The van der Waals surface area contributed by atoms with Gasteiger partial charge in [-0.25, -0.2) is 14.6 Å². The third-order valence-electron chi connectivity index (χ3n) is 7.49. The minimum Gasteiger partial charge on any atom is -0.475 e. The van der Waals surface area contributed by atoms with Crippen LogP contribution in [-0.2, 0) is 16.1 Å². The Labute approximate surface area is 263 Å². The molecule has 1 aromatic carbocycles. The lowest BCUT2D eigenvalue weighted by molar-refractivity contribution is -0.193. The zero-order chi connectivity index (χ0) is 34.3. The Morgan fingerprint density at radius 2 is 1.54 bits per heavy atom. The van der Waals surface area contributed by atoms with Gasteiger partial charge in [0.25, 0.3) is 5.91 Å². The molecule has 2 aliphatic rings. The zero-order valence-corrected chi connectivity index (χ0v) is 25.5. The summed E-state index contributed by atoms with van der Waals surface area (Å²) in [7, 11) is 0. The van der Waals surface area contributed by atoms with Crippen molar-refractivity contribution in [3.8, 4) is 5.69 Å². The van der Waals surface area contributed by atoms with E-state index >= 15 is 0 Å². The molecule has 11 nitrogen and oxygen atoms in total. The molecule has 3 heterocycles. The zero-order valence-electron chi connectivity index (χ0n) is 24.7. The number of hydrogen-bond acceptors (Lipinski definition) is 8. The van der Waals surface area contributed by atoms with Crippen LogP contribution in [0.25, 0.3) is 5.69 Å². The minimum atomic E-state index is -5.08. The molecule has 3 N–H and O–H groups in total. The monoisotopic (exact) mass is 678 g/mol. The number of imidazole rings is 1. The van der Waals surface area contributed by atoms with E-state index in [2.05, 4.69) is 62.9 Å². The van der Waals surface area contributed by atoms with Gasteiger partial charge in [-0.15, -0.1) is 5.10 Å². The molecule has 46 heavy (non-hydrogen) atoms. The van der Waals surface area contributed by atoms with Crippen LogP contribution in [0.4, 0.5) is 26.3 Å². The number of halogens is 6. The van der Waals surface area contributed by atoms with Crippen LogP contribution in [0.1, 0.15) is 66.4 Å². The summed E-state index contributed by atoms with van der Waals surface area (Å²) in [5.74, 6) is -5.30. The number of amides is 1. The van der Waals surface area contributed by atoms with E-state index in [1.54, 1.807) is 6.20 Å². The van der Waals surface area contributed by atoms with Crippen LogP contribution < -0.4 is 5.32 Å². The Bertz CT molecular complexity index is 1420. The predicted octanol–water partition coefficient (Wildman–Crippen LogP) is 5.29. The van der Waals surface area contributed by atoms with Gasteiger partial charge in [-0.1, -0.05) is 30.5 Å². The fourth-order valence-corrected chi connectivity index (χ4v) is 5.75. The minimum absolute atomic E-state index is 0.0566. The lowest BCUT2D eigenvalue weighted by atomic mass is 9.60. The largest absolute Gasteiger partial charge is 0.490 e. The summed E-state index contributed by atoms with van der Waals surface area (Å²) in [6.07, 6.45) is 0.00730. The molecule has 1 spiro atoms. The van der Waals surface area contributed by atoms with Crippen LogP contribution in [0.3, 0.4) is 0 Å². The van der Waals surface area contributed by atoms with Gasteiger partial charge in [-0.2, -0.15) is 26.3 Å². The van der Waals surface area contributed by atoms with Crippen LogP contribution in [0.2, 0.25) is 0 Å². The van der Waals surface area contributed by atoms with E-state index in [1.165, 1.54) is 29.9 Å². The normalized spacial score (nSPS) is 16.5.